The lowest BCUT2D eigenvalue weighted by molar-refractivity contribution is 0.669. The molecule has 2 heterocycles. The third-order valence-corrected chi connectivity index (χ3v) is 12.4. The first-order valence-electron chi connectivity index (χ1n) is 21.5. The number of anilines is 3. The van der Waals surface area contributed by atoms with Gasteiger partial charge in [0.1, 0.15) is 11.2 Å². The highest BCUT2D eigenvalue weighted by Crippen LogP contribution is 2.47. The predicted molar refractivity (Wildman–Crippen MR) is 264 cm³/mol. The molecule has 12 rings (SSSR count). The number of para-hydroxylation sites is 5. The number of nitrogens with zero attached hydrogens (tertiary/aromatic N) is 2. The van der Waals surface area contributed by atoms with Crippen LogP contribution in [0.25, 0.3) is 93.9 Å². The van der Waals surface area contributed by atoms with E-state index in [0.29, 0.717) is 0 Å². The molecule has 296 valence electrons. The number of benzene rings is 10. The minimum Gasteiger partial charge on any atom is -0.456 e. The Hall–Kier alpha value is -8.40. The summed E-state index contributed by atoms with van der Waals surface area (Å²) < 4.78 is 8.78. The van der Waals surface area contributed by atoms with E-state index in [1.54, 1.807) is 0 Å². The van der Waals surface area contributed by atoms with E-state index in [1.165, 1.54) is 32.9 Å². The van der Waals surface area contributed by atoms with Crippen molar-refractivity contribution in [1.29, 1.82) is 0 Å². The minimum absolute atomic E-state index is 0.879. The molecule has 0 unspecified atom stereocenters. The zero-order valence-corrected chi connectivity index (χ0v) is 34.4. The average Bonchev–Trinajstić information content (AvgIpc) is 3.91. The second-order valence-corrected chi connectivity index (χ2v) is 16.1. The van der Waals surface area contributed by atoms with Crippen LogP contribution in [-0.2, 0) is 0 Å². The molecule has 0 atom stereocenters. The van der Waals surface area contributed by atoms with E-state index in [4.69, 9.17) is 4.42 Å². The van der Waals surface area contributed by atoms with Gasteiger partial charge >= 0.3 is 0 Å². The fourth-order valence-electron chi connectivity index (χ4n) is 9.54. The quantitative estimate of drug-likeness (QED) is 0.153. The van der Waals surface area contributed by atoms with Crippen LogP contribution in [0, 0.1) is 0 Å². The predicted octanol–water partition coefficient (Wildman–Crippen LogP) is 16.8. The maximum Gasteiger partial charge on any atom is 0.136 e. The molecular formula is C60H40N2O. The zero-order chi connectivity index (χ0) is 41.7. The first kappa shape index (κ1) is 36.5. The van der Waals surface area contributed by atoms with E-state index in [2.05, 4.69) is 246 Å². The number of aromatic nitrogens is 1. The SMILES string of the molecule is c1ccc(-c2ccccc2N(c2ccc(-c3cccc(-c4cccc(-n5c6ccccc6c6ccccc65)c4)c3)cc2)c2ccccc2-c2cccc3oc4ccccc4c23)cc1. The molecule has 3 heteroatoms. The van der Waals surface area contributed by atoms with Gasteiger partial charge in [-0.3, -0.25) is 0 Å². The molecule has 0 aliphatic carbocycles. The second-order valence-electron chi connectivity index (χ2n) is 16.1. The summed E-state index contributed by atoms with van der Waals surface area (Å²) in [7, 11) is 0. The third kappa shape index (κ3) is 6.29. The number of rotatable bonds is 8. The van der Waals surface area contributed by atoms with Crippen molar-refractivity contribution in [2.75, 3.05) is 4.90 Å². The van der Waals surface area contributed by atoms with Crippen molar-refractivity contribution < 1.29 is 4.42 Å². The smallest absolute Gasteiger partial charge is 0.136 e. The first-order chi connectivity index (χ1) is 31.3. The van der Waals surface area contributed by atoms with Gasteiger partial charge in [0.15, 0.2) is 0 Å². The van der Waals surface area contributed by atoms with Gasteiger partial charge in [0, 0.05) is 44.0 Å². The van der Waals surface area contributed by atoms with Gasteiger partial charge in [0.05, 0.1) is 22.4 Å². The Morgan fingerprint density at radius 1 is 0.317 bits per heavy atom. The van der Waals surface area contributed by atoms with Crippen LogP contribution in [0.3, 0.4) is 0 Å². The molecule has 0 fully saturated rings. The van der Waals surface area contributed by atoms with E-state index in [9.17, 15) is 0 Å². The lowest BCUT2D eigenvalue weighted by Gasteiger charge is -2.30. The maximum atomic E-state index is 6.39. The lowest BCUT2D eigenvalue weighted by atomic mass is 9.95. The molecule has 0 N–H and O–H groups in total. The molecule has 2 aromatic heterocycles. The molecule has 0 saturated carbocycles. The molecule has 0 aliphatic rings. The van der Waals surface area contributed by atoms with Crippen molar-refractivity contribution in [2.45, 2.75) is 0 Å². The summed E-state index contributed by atoms with van der Waals surface area (Å²) in [5.41, 5.74) is 17.8. The van der Waals surface area contributed by atoms with Gasteiger partial charge < -0.3 is 13.9 Å². The summed E-state index contributed by atoms with van der Waals surface area (Å²) in [6.45, 7) is 0. The number of hydrogen-bond acceptors (Lipinski definition) is 2. The lowest BCUT2D eigenvalue weighted by Crippen LogP contribution is -2.12. The van der Waals surface area contributed by atoms with Gasteiger partial charge in [-0.1, -0.05) is 176 Å². The van der Waals surface area contributed by atoms with Crippen LogP contribution in [0.15, 0.2) is 247 Å². The molecule has 0 bridgehead atoms. The van der Waals surface area contributed by atoms with E-state index in [1.807, 2.05) is 6.07 Å². The molecule has 0 radical (unpaired) electrons. The Kier molecular flexibility index (Phi) is 8.83. The van der Waals surface area contributed by atoms with Crippen molar-refractivity contribution in [3.8, 4) is 50.2 Å². The third-order valence-electron chi connectivity index (χ3n) is 12.4. The van der Waals surface area contributed by atoms with Crippen LogP contribution >= 0.6 is 0 Å². The van der Waals surface area contributed by atoms with Crippen LogP contribution in [0.2, 0.25) is 0 Å². The molecule has 0 aliphatic heterocycles. The Balaban J connectivity index is 0.966. The van der Waals surface area contributed by atoms with Crippen LogP contribution < -0.4 is 4.90 Å². The van der Waals surface area contributed by atoms with Gasteiger partial charge in [0.25, 0.3) is 0 Å². The Morgan fingerprint density at radius 2 is 0.825 bits per heavy atom. The first-order valence-corrected chi connectivity index (χ1v) is 21.5. The van der Waals surface area contributed by atoms with Gasteiger partial charge in [-0.15, -0.1) is 0 Å². The Labute approximate surface area is 366 Å². The molecule has 63 heavy (non-hydrogen) atoms. The number of hydrogen-bond donors (Lipinski definition) is 0. The standard InChI is InChI=1S/C60H40N2O/c1-2-17-42(18-3-1)48-23-4-9-29-54(48)61(57-32-12-7-26-51(57)52-28-16-34-59-60(52)53-27-8-13-33-58(53)63-59)46-37-35-41(36-38-46)43-19-14-20-44(39-43)45-21-15-22-47(40-45)62-55-30-10-5-24-49(55)50-25-6-11-31-56(50)62/h1-40H. The van der Waals surface area contributed by atoms with Gasteiger partial charge in [-0.25, -0.2) is 0 Å². The van der Waals surface area contributed by atoms with Crippen LogP contribution in [0.1, 0.15) is 0 Å². The van der Waals surface area contributed by atoms with E-state index < -0.39 is 0 Å². The van der Waals surface area contributed by atoms with Crippen molar-refractivity contribution in [2.24, 2.45) is 0 Å². The van der Waals surface area contributed by atoms with Crippen molar-refractivity contribution in [3.63, 3.8) is 0 Å². The fourth-order valence-corrected chi connectivity index (χ4v) is 9.54. The van der Waals surface area contributed by atoms with Crippen LogP contribution in [0.5, 0.6) is 0 Å². The summed E-state index contributed by atoms with van der Waals surface area (Å²) >= 11 is 0. The highest BCUT2D eigenvalue weighted by Gasteiger charge is 2.22. The molecule has 0 amide bonds. The van der Waals surface area contributed by atoms with Crippen molar-refractivity contribution in [3.05, 3.63) is 243 Å². The fraction of sp³-hybridized carbons (Fsp3) is 0. The van der Waals surface area contributed by atoms with Gasteiger partial charge in [-0.2, -0.15) is 0 Å². The second kappa shape index (κ2) is 15.3. The highest BCUT2D eigenvalue weighted by molar-refractivity contribution is 6.14. The molecule has 10 aromatic carbocycles. The summed E-state index contributed by atoms with van der Waals surface area (Å²) in [6.07, 6.45) is 0. The maximum absolute atomic E-state index is 6.39. The van der Waals surface area contributed by atoms with Crippen molar-refractivity contribution in [1.82, 2.24) is 4.57 Å². The molecular weight excluding hydrogens is 765 g/mol. The summed E-state index contributed by atoms with van der Waals surface area (Å²) in [5.74, 6) is 0. The van der Waals surface area contributed by atoms with Crippen LogP contribution in [0.4, 0.5) is 17.1 Å². The van der Waals surface area contributed by atoms with E-state index in [0.717, 1.165) is 78.1 Å². The number of fused-ring (bicyclic) bond motifs is 6. The highest BCUT2D eigenvalue weighted by atomic mass is 16.3. The molecule has 3 nitrogen and oxygen atoms in total. The van der Waals surface area contributed by atoms with Crippen LogP contribution in [-0.4, -0.2) is 4.57 Å². The normalized spacial score (nSPS) is 11.5. The molecule has 12 aromatic rings. The minimum atomic E-state index is 0.879. The summed E-state index contributed by atoms with van der Waals surface area (Å²) in [5, 5.41) is 4.75. The Bertz CT molecular complexity index is 3580. The molecule has 0 saturated heterocycles. The average molecular weight is 805 g/mol. The molecule has 0 spiro atoms. The summed E-state index contributed by atoms with van der Waals surface area (Å²) in [4.78, 5) is 2.42. The van der Waals surface area contributed by atoms with Gasteiger partial charge in [0.2, 0.25) is 0 Å². The van der Waals surface area contributed by atoms with Gasteiger partial charge in [-0.05, 0) is 100 Å². The zero-order valence-electron chi connectivity index (χ0n) is 34.4. The topological polar surface area (TPSA) is 21.3 Å². The largest absolute Gasteiger partial charge is 0.456 e. The van der Waals surface area contributed by atoms with Crippen molar-refractivity contribution >= 4 is 60.8 Å². The monoisotopic (exact) mass is 804 g/mol. The summed E-state index contributed by atoms with van der Waals surface area (Å²) in [6, 6.07) is 87.1. The van der Waals surface area contributed by atoms with E-state index >= 15 is 0 Å². The van der Waals surface area contributed by atoms with E-state index in [-0.39, 0.29) is 0 Å². The Morgan fingerprint density at radius 3 is 1.57 bits per heavy atom. The number of furan rings is 1.